The van der Waals surface area contributed by atoms with Crippen LogP contribution in [0.1, 0.15) is 49.4 Å². The molecule has 1 aromatic rings. The van der Waals surface area contributed by atoms with E-state index >= 15 is 0 Å². The summed E-state index contributed by atoms with van der Waals surface area (Å²) in [6.07, 6.45) is 2.11. The van der Waals surface area contributed by atoms with Crippen LogP contribution in [0.2, 0.25) is 0 Å². The lowest BCUT2D eigenvalue weighted by molar-refractivity contribution is 0.477. The number of fused-ring (bicyclic) bond motifs is 1. The Labute approximate surface area is 113 Å². The van der Waals surface area contributed by atoms with Gasteiger partial charge in [-0.2, -0.15) is 0 Å². The summed E-state index contributed by atoms with van der Waals surface area (Å²) in [5.41, 5.74) is 3.79. The van der Waals surface area contributed by atoms with E-state index in [0.29, 0.717) is 6.04 Å². The quantitative estimate of drug-likeness (QED) is 0.909. The molecule has 0 aliphatic carbocycles. The first kappa shape index (κ1) is 13.8. The van der Waals surface area contributed by atoms with E-state index in [9.17, 15) is 4.21 Å². The molecule has 3 unspecified atom stereocenters. The lowest BCUT2D eigenvalue weighted by Crippen LogP contribution is -2.32. The molecule has 0 saturated carbocycles. The summed E-state index contributed by atoms with van der Waals surface area (Å²) in [5.74, 6) is 0. The van der Waals surface area contributed by atoms with Crippen molar-refractivity contribution < 1.29 is 4.21 Å². The summed E-state index contributed by atoms with van der Waals surface area (Å²) in [4.78, 5) is 1.05. The molecule has 1 aromatic carbocycles. The first-order valence-electron chi connectivity index (χ1n) is 6.79. The Morgan fingerprint density at radius 1 is 1.33 bits per heavy atom. The third-order valence-corrected chi connectivity index (χ3v) is 5.50. The van der Waals surface area contributed by atoms with Crippen molar-refractivity contribution in [1.82, 2.24) is 5.32 Å². The highest BCUT2D eigenvalue weighted by Crippen LogP contribution is 2.35. The van der Waals surface area contributed by atoms with Crippen molar-refractivity contribution in [3.63, 3.8) is 0 Å². The summed E-state index contributed by atoms with van der Waals surface area (Å²) >= 11 is 0. The molecule has 3 atom stereocenters. The van der Waals surface area contributed by atoms with Crippen LogP contribution in [0.5, 0.6) is 0 Å². The zero-order valence-corrected chi connectivity index (χ0v) is 12.6. The fraction of sp³-hybridized carbons (Fsp3) is 0.600. The van der Waals surface area contributed by atoms with Gasteiger partial charge in [-0.3, -0.25) is 4.21 Å². The minimum absolute atomic E-state index is 0.244. The Balaban J connectivity index is 2.42. The minimum atomic E-state index is -0.845. The van der Waals surface area contributed by atoms with Crippen LogP contribution < -0.4 is 5.32 Å². The van der Waals surface area contributed by atoms with E-state index in [0.717, 1.165) is 24.3 Å². The van der Waals surface area contributed by atoms with E-state index in [1.807, 2.05) is 0 Å². The van der Waals surface area contributed by atoms with Gasteiger partial charge in [0.15, 0.2) is 0 Å². The van der Waals surface area contributed by atoms with Gasteiger partial charge in [-0.1, -0.05) is 19.9 Å². The highest BCUT2D eigenvalue weighted by molar-refractivity contribution is 7.85. The highest BCUT2D eigenvalue weighted by Gasteiger charge is 2.30. The summed E-state index contributed by atoms with van der Waals surface area (Å²) in [6.45, 7) is 9.53. The maximum atomic E-state index is 12.4. The summed E-state index contributed by atoms with van der Waals surface area (Å²) in [5, 5.41) is 3.84. The first-order chi connectivity index (χ1) is 8.54. The van der Waals surface area contributed by atoms with E-state index in [4.69, 9.17) is 0 Å². The van der Waals surface area contributed by atoms with Crippen molar-refractivity contribution in [1.29, 1.82) is 0 Å². The molecular formula is C15H23NOS. The molecule has 1 N–H and O–H groups in total. The van der Waals surface area contributed by atoms with E-state index in [1.54, 1.807) is 0 Å². The first-order valence-corrected chi connectivity index (χ1v) is 8.01. The van der Waals surface area contributed by atoms with Crippen molar-refractivity contribution in [3.05, 3.63) is 28.8 Å². The second-order valence-electron chi connectivity index (χ2n) is 5.32. The molecule has 0 fully saturated rings. The predicted molar refractivity (Wildman–Crippen MR) is 77.4 cm³/mol. The molecular weight excluding hydrogens is 242 g/mol. The van der Waals surface area contributed by atoms with Crippen molar-refractivity contribution >= 4 is 10.8 Å². The lowest BCUT2D eigenvalue weighted by atomic mass is 9.97. The molecule has 2 rings (SSSR count). The van der Waals surface area contributed by atoms with Gasteiger partial charge < -0.3 is 5.32 Å². The summed E-state index contributed by atoms with van der Waals surface area (Å²) in [7, 11) is -0.845. The largest absolute Gasteiger partial charge is 0.310 e. The predicted octanol–water partition coefficient (Wildman–Crippen LogP) is 3.24. The summed E-state index contributed by atoms with van der Waals surface area (Å²) in [6, 6.07) is 4.71. The summed E-state index contributed by atoms with van der Waals surface area (Å²) < 4.78 is 12.4. The van der Waals surface area contributed by atoms with Crippen LogP contribution >= 0.6 is 0 Å². The average Bonchev–Trinajstić information content (AvgIpc) is 2.34. The molecule has 18 heavy (non-hydrogen) atoms. The van der Waals surface area contributed by atoms with Gasteiger partial charge in [0.2, 0.25) is 0 Å². The van der Waals surface area contributed by atoms with Crippen molar-refractivity contribution in [2.24, 2.45) is 0 Å². The maximum absolute atomic E-state index is 12.4. The zero-order valence-electron chi connectivity index (χ0n) is 11.7. The molecule has 1 aliphatic heterocycles. The topological polar surface area (TPSA) is 29.1 Å². The maximum Gasteiger partial charge on any atom is 0.0562 e. The Morgan fingerprint density at radius 2 is 2.00 bits per heavy atom. The number of benzene rings is 1. The van der Waals surface area contributed by atoms with Gasteiger partial charge in [0.05, 0.1) is 10.8 Å². The molecule has 0 amide bonds. The number of aryl methyl sites for hydroxylation is 2. The van der Waals surface area contributed by atoms with E-state index in [-0.39, 0.29) is 5.25 Å². The average molecular weight is 265 g/mol. The van der Waals surface area contributed by atoms with E-state index in [2.05, 4.69) is 45.1 Å². The van der Waals surface area contributed by atoms with Crippen molar-refractivity contribution in [2.45, 2.75) is 56.7 Å². The molecule has 100 valence electrons. The standard InChI is InChI=1S/C15H23NOS/c1-5-6-16-14-9-12(4)18(17)15-8-11(3)10(2)7-13(14)15/h7-8,12,14,16H,5-6,9H2,1-4H3. The molecule has 1 aliphatic rings. The molecule has 0 radical (unpaired) electrons. The fourth-order valence-electron chi connectivity index (χ4n) is 2.53. The second-order valence-corrected chi connectivity index (χ2v) is 7.16. The van der Waals surface area contributed by atoms with E-state index < -0.39 is 10.8 Å². The second kappa shape index (κ2) is 5.54. The van der Waals surface area contributed by atoms with Gasteiger partial charge in [-0.25, -0.2) is 0 Å². The number of nitrogens with one attached hydrogen (secondary N) is 1. The van der Waals surface area contributed by atoms with Crippen molar-refractivity contribution in [3.8, 4) is 0 Å². The Bertz CT molecular complexity index is 470. The Kier molecular flexibility index (Phi) is 4.23. The minimum Gasteiger partial charge on any atom is -0.310 e. The molecule has 0 saturated heterocycles. The monoisotopic (exact) mass is 265 g/mol. The third kappa shape index (κ3) is 2.52. The Hall–Kier alpha value is -0.670. The van der Waals surface area contributed by atoms with Gasteiger partial charge in [0.1, 0.15) is 0 Å². The normalized spacial score (nSPS) is 27.0. The van der Waals surface area contributed by atoms with Crippen LogP contribution in [-0.2, 0) is 10.8 Å². The zero-order chi connectivity index (χ0) is 13.3. The van der Waals surface area contributed by atoms with Gasteiger partial charge in [0.25, 0.3) is 0 Å². The highest BCUT2D eigenvalue weighted by atomic mass is 32.2. The molecule has 3 heteroatoms. The number of hydrogen-bond donors (Lipinski definition) is 1. The lowest BCUT2D eigenvalue weighted by Gasteiger charge is -2.30. The number of hydrogen-bond acceptors (Lipinski definition) is 2. The molecule has 0 aromatic heterocycles. The molecule has 2 nitrogen and oxygen atoms in total. The molecule has 1 heterocycles. The van der Waals surface area contributed by atoms with Crippen LogP contribution in [-0.4, -0.2) is 16.0 Å². The Morgan fingerprint density at radius 3 is 2.67 bits per heavy atom. The van der Waals surface area contributed by atoms with E-state index in [1.165, 1.54) is 16.7 Å². The van der Waals surface area contributed by atoms with Crippen LogP contribution in [0.25, 0.3) is 0 Å². The van der Waals surface area contributed by atoms with Crippen molar-refractivity contribution in [2.75, 3.05) is 6.54 Å². The smallest absolute Gasteiger partial charge is 0.0562 e. The number of rotatable bonds is 3. The molecule has 0 spiro atoms. The fourth-order valence-corrected chi connectivity index (χ4v) is 4.06. The molecule has 0 bridgehead atoms. The SMILES string of the molecule is CCCNC1CC(C)S(=O)c2cc(C)c(C)cc21. The third-order valence-electron chi connectivity index (χ3n) is 3.79. The van der Waals surface area contributed by atoms with Crippen LogP contribution in [0.15, 0.2) is 17.0 Å². The van der Waals surface area contributed by atoms with Gasteiger partial charge >= 0.3 is 0 Å². The van der Waals surface area contributed by atoms with Crippen LogP contribution in [0.4, 0.5) is 0 Å². The van der Waals surface area contributed by atoms with Gasteiger partial charge in [-0.05, 0) is 56.0 Å². The van der Waals surface area contributed by atoms with Crippen LogP contribution in [0.3, 0.4) is 0 Å². The van der Waals surface area contributed by atoms with Gasteiger partial charge in [-0.15, -0.1) is 0 Å². The van der Waals surface area contributed by atoms with Gasteiger partial charge in [0, 0.05) is 16.2 Å². The van der Waals surface area contributed by atoms with Crippen LogP contribution in [0, 0.1) is 13.8 Å².